The number of ether oxygens (including phenoxy) is 1. The van der Waals surface area contributed by atoms with E-state index in [0.717, 1.165) is 5.56 Å². The highest BCUT2D eigenvalue weighted by atomic mass is 31.2. The Morgan fingerprint density at radius 1 is 1.23 bits per heavy atom. The summed E-state index contributed by atoms with van der Waals surface area (Å²) in [5.41, 5.74) is 1.35. The molecule has 0 fully saturated rings. The first-order valence-corrected chi connectivity index (χ1v) is 12.6. The number of nitrogens with one attached hydrogen (secondary N) is 1. The fourth-order valence-corrected chi connectivity index (χ4v) is 4.18. The van der Waals surface area contributed by atoms with Gasteiger partial charge >= 0.3 is 0 Å². The lowest BCUT2D eigenvalue weighted by Crippen LogP contribution is -2.29. The number of hydrogen-bond donors (Lipinski definition) is 2. The maximum absolute atomic E-state index is 12.3. The smallest absolute Gasteiger partial charge is 0.292 e. The SMILES string of the molecule is C[C@H](O)CNc1cc(OCCN(Cc2ccccc2)CP(C)(C)=O)ccc1[N+](=O)[O-]. The van der Waals surface area contributed by atoms with Crippen molar-refractivity contribution >= 4 is 18.5 Å². The summed E-state index contributed by atoms with van der Waals surface area (Å²) in [5.74, 6) is 0.490. The number of nitro benzene ring substituents is 1. The van der Waals surface area contributed by atoms with E-state index in [-0.39, 0.29) is 12.2 Å². The second-order valence-electron chi connectivity index (χ2n) is 7.77. The third-order valence-corrected chi connectivity index (χ3v) is 5.30. The van der Waals surface area contributed by atoms with Crippen LogP contribution in [0.25, 0.3) is 0 Å². The van der Waals surface area contributed by atoms with Crippen LogP contribution >= 0.6 is 7.14 Å². The third-order valence-electron chi connectivity index (χ3n) is 4.22. The Hall–Kier alpha value is -2.41. The van der Waals surface area contributed by atoms with Crippen molar-refractivity contribution in [2.45, 2.75) is 19.6 Å². The van der Waals surface area contributed by atoms with Crippen molar-refractivity contribution in [3.8, 4) is 5.75 Å². The molecule has 9 heteroatoms. The number of nitro groups is 1. The van der Waals surface area contributed by atoms with Crippen molar-refractivity contribution in [1.29, 1.82) is 0 Å². The monoisotopic (exact) mass is 435 g/mol. The van der Waals surface area contributed by atoms with Crippen molar-refractivity contribution < 1.29 is 19.3 Å². The molecule has 2 N–H and O–H groups in total. The summed E-state index contributed by atoms with van der Waals surface area (Å²) in [6, 6.07) is 14.5. The van der Waals surface area contributed by atoms with Crippen molar-refractivity contribution in [2.24, 2.45) is 0 Å². The van der Waals surface area contributed by atoms with Crippen LogP contribution in [0.2, 0.25) is 0 Å². The van der Waals surface area contributed by atoms with Gasteiger partial charge in [0.2, 0.25) is 0 Å². The second-order valence-corrected chi connectivity index (χ2v) is 11.2. The molecule has 0 aliphatic rings. The Bertz CT molecular complexity index is 870. The van der Waals surface area contributed by atoms with Crippen LogP contribution < -0.4 is 10.1 Å². The maximum atomic E-state index is 12.3. The molecule has 0 unspecified atom stereocenters. The van der Waals surface area contributed by atoms with E-state index in [1.54, 1.807) is 32.4 Å². The van der Waals surface area contributed by atoms with Gasteiger partial charge in [-0.25, -0.2) is 0 Å². The molecule has 0 saturated heterocycles. The molecule has 0 saturated carbocycles. The number of aliphatic hydroxyl groups excluding tert-OH is 1. The van der Waals surface area contributed by atoms with Crippen molar-refractivity contribution in [2.75, 3.05) is 44.6 Å². The fraction of sp³-hybridized carbons (Fsp3) is 0.429. The Balaban J connectivity index is 2.03. The number of nitrogens with zero attached hydrogens (tertiary/aromatic N) is 2. The van der Waals surface area contributed by atoms with Gasteiger partial charge in [-0.1, -0.05) is 30.3 Å². The van der Waals surface area contributed by atoms with E-state index >= 15 is 0 Å². The zero-order valence-electron chi connectivity index (χ0n) is 17.7. The standard InChI is InChI=1S/C21H30N3O5P/c1-17(25)14-22-20-13-19(9-10-21(20)24(26)27)29-12-11-23(16-30(2,3)28)15-18-7-5-4-6-8-18/h4-10,13,17,22,25H,11-12,14-16H2,1-3H3/t17-/m0/s1. The predicted molar refractivity (Wildman–Crippen MR) is 120 cm³/mol. The Labute approximate surface area is 177 Å². The van der Waals surface area contributed by atoms with Crippen LogP contribution in [0.15, 0.2) is 48.5 Å². The van der Waals surface area contributed by atoms with Gasteiger partial charge in [-0.3, -0.25) is 15.0 Å². The van der Waals surface area contributed by atoms with E-state index in [4.69, 9.17) is 4.74 Å². The summed E-state index contributed by atoms with van der Waals surface area (Å²) in [6.45, 7) is 6.90. The summed E-state index contributed by atoms with van der Waals surface area (Å²) in [7, 11) is -2.25. The molecule has 8 nitrogen and oxygen atoms in total. The van der Waals surface area contributed by atoms with Crippen molar-refractivity contribution in [1.82, 2.24) is 4.90 Å². The molecule has 2 aromatic carbocycles. The van der Waals surface area contributed by atoms with Crippen LogP contribution in [0.1, 0.15) is 12.5 Å². The summed E-state index contributed by atoms with van der Waals surface area (Å²) < 4.78 is 18.2. The number of aliphatic hydroxyl groups is 1. The molecule has 1 atom stereocenters. The molecule has 0 aromatic heterocycles. The normalized spacial score (nSPS) is 12.6. The second kappa shape index (κ2) is 11.1. The van der Waals surface area contributed by atoms with Crippen LogP contribution in [0, 0.1) is 10.1 Å². The van der Waals surface area contributed by atoms with Gasteiger partial charge in [-0.15, -0.1) is 0 Å². The largest absolute Gasteiger partial charge is 0.492 e. The average molecular weight is 435 g/mol. The topological polar surface area (TPSA) is 105 Å². The molecule has 0 spiro atoms. The van der Waals surface area contributed by atoms with E-state index in [0.29, 0.717) is 37.4 Å². The molecular formula is C21H30N3O5P. The molecule has 164 valence electrons. The minimum atomic E-state index is -2.25. The molecular weight excluding hydrogens is 405 g/mol. The van der Waals surface area contributed by atoms with Gasteiger partial charge in [-0.05, 0) is 31.9 Å². The first-order valence-electron chi connectivity index (χ1n) is 9.77. The molecule has 30 heavy (non-hydrogen) atoms. The van der Waals surface area contributed by atoms with Gasteiger partial charge in [0, 0.05) is 31.8 Å². The van der Waals surface area contributed by atoms with E-state index in [2.05, 4.69) is 10.2 Å². The quantitative estimate of drug-likeness (QED) is 0.296. The van der Waals surface area contributed by atoms with Gasteiger partial charge in [0.25, 0.3) is 5.69 Å². The molecule has 2 aromatic rings. The zero-order valence-corrected chi connectivity index (χ0v) is 18.5. The summed E-state index contributed by atoms with van der Waals surface area (Å²) in [5, 5.41) is 23.5. The van der Waals surface area contributed by atoms with Gasteiger partial charge in [0.05, 0.1) is 24.5 Å². The number of rotatable bonds is 12. The summed E-state index contributed by atoms with van der Waals surface area (Å²) in [6.07, 6.45) is -0.160. The lowest BCUT2D eigenvalue weighted by molar-refractivity contribution is -0.384. The van der Waals surface area contributed by atoms with Gasteiger partial charge in [0.15, 0.2) is 0 Å². The fourth-order valence-electron chi connectivity index (χ4n) is 2.98. The van der Waals surface area contributed by atoms with Gasteiger partial charge in [0.1, 0.15) is 18.0 Å². The van der Waals surface area contributed by atoms with E-state index in [1.807, 2.05) is 30.3 Å². The van der Waals surface area contributed by atoms with Crippen LogP contribution in [-0.4, -0.2) is 60.3 Å². The average Bonchev–Trinajstić information content (AvgIpc) is 2.65. The van der Waals surface area contributed by atoms with E-state index in [9.17, 15) is 19.8 Å². The Kier molecular flexibility index (Phi) is 8.84. The highest BCUT2D eigenvalue weighted by Crippen LogP contribution is 2.37. The van der Waals surface area contributed by atoms with Gasteiger partial charge in [-0.2, -0.15) is 0 Å². The van der Waals surface area contributed by atoms with E-state index in [1.165, 1.54) is 6.07 Å². The zero-order chi connectivity index (χ0) is 22.1. The minimum Gasteiger partial charge on any atom is -0.492 e. The molecule has 0 radical (unpaired) electrons. The molecule has 0 amide bonds. The minimum absolute atomic E-state index is 0.0772. The first kappa shape index (κ1) is 23.9. The molecule has 0 aliphatic carbocycles. The van der Waals surface area contributed by atoms with Crippen molar-refractivity contribution in [3.63, 3.8) is 0 Å². The molecule has 0 aliphatic heterocycles. The van der Waals surface area contributed by atoms with Crippen LogP contribution in [0.3, 0.4) is 0 Å². The summed E-state index contributed by atoms with van der Waals surface area (Å²) >= 11 is 0. The lowest BCUT2D eigenvalue weighted by atomic mass is 10.2. The Morgan fingerprint density at radius 2 is 1.93 bits per heavy atom. The number of hydrogen-bond acceptors (Lipinski definition) is 7. The molecule has 0 heterocycles. The molecule has 0 bridgehead atoms. The number of benzene rings is 2. The first-order chi connectivity index (χ1) is 14.1. The molecule has 2 rings (SSSR count). The Morgan fingerprint density at radius 3 is 2.53 bits per heavy atom. The van der Waals surface area contributed by atoms with Crippen LogP contribution in [0.4, 0.5) is 11.4 Å². The number of anilines is 1. The highest BCUT2D eigenvalue weighted by Gasteiger charge is 2.17. The van der Waals surface area contributed by atoms with Gasteiger partial charge < -0.3 is 19.7 Å². The third kappa shape index (κ3) is 8.53. The maximum Gasteiger partial charge on any atom is 0.292 e. The summed E-state index contributed by atoms with van der Waals surface area (Å²) in [4.78, 5) is 12.8. The van der Waals surface area contributed by atoms with E-state index < -0.39 is 18.2 Å². The van der Waals surface area contributed by atoms with Crippen molar-refractivity contribution in [3.05, 3.63) is 64.2 Å². The highest BCUT2D eigenvalue weighted by molar-refractivity contribution is 7.62. The lowest BCUT2D eigenvalue weighted by Gasteiger charge is -2.24. The van der Waals surface area contributed by atoms with Crippen LogP contribution in [0.5, 0.6) is 5.75 Å². The predicted octanol–water partition coefficient (Wildman–Crippen LogP) is 3.85. The van der Waals surface area contributed by atoms with Crippen LogP contribution in [-0.2, 0) is 11.1 Å².